The molecule has 0 heterocycles. The van der Waals surface area contributed by atoms with Crippen LogP contribution in [0.1, 0.15) is 50.3 Å². The Kier molecular flexibility index (Phi) is 6.06. The highest BCUT2D eigenvalue weighted by molar-refractivity contribution is 5.29. The van der Waals surface area contributed by atoms with Crippen LogP contribution in [0.15, 0.2) is 24.3 Å². The van der Waals surface area contributed by atoms with Crippen molar-refractivity contribution in [3.8, 4) is 0 Å². The molecule has 112 valence electrons. The van der Waals surface area contributed by atoms with E-state index < -0.39 is 0 Å². The summed E-state index contributed by atoms with van der Waals surface area (Å²) in [5.74, 6) is 0.973. The van der Waals surface area contributed by atoms with E-state index in [1.54, 1.807) is 0 Å². The van der Waals surface area contributed by atoms with Crippen LogP contribution >= 0.6 is 0 Å². The molecular formula is C18H30N2. The molecule has 1 aromatic carbocycles. The molecule has 20 heavy (non-hydrogen) atoms. The summed E-state index contributed by atoms with van der Waals surface area (Å²) < 4.78 is 0. The second kappa shape index (κ2) is 7.80. The maximum Gasteiger partial charge on any atom is 0.0451 e. The van der Waals surface area contributed by atoms with Gasteiger partial charge in [0.15, 0.2) is 0 Å². The zero-order valence-corrected chi connectivity index (χ0v) is 13.4. The molecule has 1 aliphatic rings. The van der Waals surface area contributed by atoms with Crippen molar-refractivity contribution < 1.29 is 0 Å². The number of hydrogen-bond acceptors (Lipinski definition) is 2. The quantitative estimate of drug-likeness (QED) is 0.737. The number of benzene rings is 1. The van der Waals surface area contributed by atoms with Gasteiger partial charge >= 0.3 is 0 Å². The van der Waals surface area contributed by atoms with Crippen molar-refractivity contribution in [2.45, 2.75) is 46.1 Å². The van der Waals surface area contributed by atoms with E-state index in [4.69, 9.17) is 0 Å². The summed E-state index contributed by atoms with van der Waals surface area (Å²) in [7, 11) is 0. The molecule has 1 unspecified atom stereocenters. The Morgan fingerprint density at radius 1 is 1.25 bits per heavy atom. The zero-order chi connectivity index (χ0) is 14.4. The molecule has 1 fully saturated rings. The van der Waals surface area contributed by atoms with Crippen molar-refractivity contribution in [1.82, 2.24) is 10.2 Å². The van der Waals surface area contributed by atoms with Crippen molar-refractivity contribution in [2.75, 3.05) is 26.2 Å². The van der Waals surface area contributed by atoms with Gasteiger partial charge in [0.05, 0.1) is 0 Å². The monoisotopic (exact) mass is 274 g/mol. The van der Waals surface area contributed by atoms with E-state index in [-0.39, 0.29) is 0 Å². The van der Waals surface area contributed by atoms with E-state index in [0.29, 0.717) is 6.04 Å². The van der Waals surface area contributed by atoms with Gasteiger partial charge in [-0.05, 0) is 56.3 Å². The van der Waals surface area contributed by atoms with Gasteiger partial charge in [-0.15, -0.1) is 0 Å². The smallest absolute Gasteiger partial charge is 0.0451 e. The van der Waals surface area contributed by atoms with Crippen molar-refractivity contribution in [3.05, 3.63) is 35.4 Å². The van der Waals surface area contributed by atoms with E-state index in [1.807, 2.05) is 0 Å². The molecule has 0 bridgehead atoms. The molecule has 0 aromatic heterocycles. The average molecular weight is 274 g/mol. The molecule has 1 N–H and O–H groups in total. The molecule has 0 radical (unpaired) electrons. The Hall–Kier alpha value is -0.860. The number of hydrogen-bond donors (Lipinski definition) is 1. The summed E-state index contributed by atoms with van der Waals surface area (Å²) in [6.07, 6.45) is 4.13. The molecule has 0 saturated heterocycles. The molecular weight excluding hydrogens is 244 g/mol. The standard InChI is InChI=1S/C18H30N2/c1-4-12-20(13-16-10-11-16)14-18(19-5-2)17-9-7-6-8-15(17)3/h6-9,16,18-19H,4-5,10-14H2,1-3H3. The van der Waals surface area contributed by atoms with Gasteiger partial charge in [0.2, 0.25) is 0 Å². The molecule has 1 saturated carbocycles. The molecule has 0 aliphatic heterocycles. The molecule has 2 nitrogen and oxygen atoms in total. The van der Waals surface area contributed by atoms with Gasteiger partial charge in [0.1, 0.15) is 0 Å². The maximum absolute atomic E-state index is 3.68. The van der Waals surface area contributed by atoms with Gasteiger partial charge in [-0.3, -0.25) is 0 Å². The van der Waals surface area contributed by atoms with Gasteiger partial charge in [-0.25, -0.2) is 0 Å². The Morgan fingerprint density at radius 3 is 2.60 bits per heavy atom. The highest BCUT2D eigenvalue weighted by Gasteiger charge is 2.25. The van der Waals surface area contributed by atoms with Crippen LogP contribution in [0, 0.1) is 12.8 Å². The van der Waals surface area contributed by atoms with Gasteiger partial charge in [-0.1, -0.05) is 38.1 Å². The van der Waals surface area contributed by atoms with Crippen molar-refractivity contribution in [2.24, 2.45) is 5.92 Å². The minimum atomic E-state index is 0.464. The third-order valence-corrected chi connectivity index (χ3v) is 4.21. The molecule has 2 heteroatoms. The van der Waals surface area contributed by atoms with Crippen LogP contribution in [0.4, 0.5) is 0 Å². The number of nitrogens with one attached hydrogen (secondary N) is 1. The third-order valence-electron chi connectivity index (χ3n) is 4.21. The Balaban J connectivity index is 2.04. The highest BCUT2D eigenvalue weighted by atomic mass is 15.2. The predicted octanol–water partition coefficient (Wildman–Crippen LogP) is 3.77. The summed E-state index contributed by atoms with van der Waals surface area (Å²) >= 11 is 0. The summed E-state index contributed by atoms with van der Waals surface area (Å²) in [6.45, 7) is 11.4. The van der Waals surface area contributed by atoms with E-state index in [0.717, 1.165) is 19.0 Å². The van der Waals surface area contributed by atoms with Crippen LogP contribution < -0.4 is 5.32 Å². The second-order valence-electron chi connectivity index (χ2n) is 6.17. The first-order chi connectivity index (χ1) is 9.74. The van der Waals surface area contributed by atoms with Gasteiger partial charge in [0, 0.05) is 19.1 Å². The first kappa shape index (κ1) is 15.5. The normalized spacial score (nSPS) is 16.6. The fourth-order valence-corrected chi connectivity index (χ4v) is 2.99. The van der Waals surface area contributed by atoms with Crippen LogP contribution in [-0.2, 0) is 0 Å². The predicted molar refractivity (Wildman–Crippen MR) is 87.1 cm³/mol. The molecule has 0 amide bonds. The summed E-state index contributed by atoms with van der Waals surface area (Å²) in [5.41, 5.74) is 2.87. The average Bonchev–Trinajstić information content (AvgIpc) is 3.23. The molecule has 2 rings (SSSR count). The minimum Gasteiger partial charge on any atom is -0.309 e. The molecule has 1 aromatic rings. The molecule has 1 atom stereocenters. The lowest BCUT2D eigenvalue weighted by atomic mass is 10.0. The van der Waals surface area contributed by atoms with Gasteiger partial charge in [-0.2, -0.15) is 0 Å². The summed E-state index contributed by atoms with van der Waals surface area (Å²) in [4.78, 5) is 2.66. The minimum absolute atomic E-state index is 0.464. The van der Waals surface area contributed by atoms with Crippen LogP contribution in [0.2, 0.25) is 0 Å². The topological polar surface area (TPSA) is 15.3 Å². The SMILES string of the molecule is CCCN(CC1CC1)CC(NCC)c1ccccc1C. The summed E-state index contributed by atoms with van der Waals surface area (Å²) in [6, 6.07) is 9.27. The van der Waals surface area contributed by atoms with Crippen LogP contribution in [-0.4, -0.2) is 31.1 Å². The lowest BCUT2D eigenvalue weighted by Crippen LogP contribution is -2.37. The van der Waals surface area contributed by atoms with Crippen molar-refractivity contribution >= 4 is 0 Å². The maximum atomic E-state index is 3.68. The number of likely N-dealkylation sites (N-methyl/N-ethyl adjacent to an activating group) is 1. The molecule has 1 aliphatic carbocycles. The van der Waals surface area contributed by atoms with Crippen LogP contribution in [0.3, 0.4) is 0 Å². The Morgan fingerprint density at radius 2 is 2.00 bits per heavy atom. The fraction of sp³-hybridized carbons (Fsp3) is 0.667. The zero-order valence-electron chi connectivity index (χ0n) is 13.4. The lowest BCUT2D eigenvalue weighted by molar-refractivity contribution is 0.234. The van der Waals surface area contributed by atoms with E-state index in [9.17, 15) is 0 Å². The van der Waals surface area contributed by atoms with E-state index >= 15 is 0 Å². The lowest BCUT2D eigenvalue weighted by Gasteiger charge is -2.29. The van der Waals surface area contributed by atoms with E-state index in [2.05, 4.69) is 55.3 Å². The van der Waals surface area contributed by atoms with Crippen molar-refractivity contribution in [1.29, 1.82) is 0 Å². The number of rotatable bonds is 9. The summed E-state index contributed by atoms with van der Waals surface area (Å²) in [5, 5.41) is 3.68. The fourth-order valence-electron chi connectivity index (χ4n) is 2.99. The first-order valence-corrected chi connectivity index (χ1v) is 8.25. The number of aryl methyl sites for hydroxylation is 1. The van der Waals surface area contributed by atoms with Crippen LogP contribution in [0.5, 0.6) is 0 Å². The second-order valence-corrected chi connectivity index (χ2v) is 6.17. The van der Waals surface area contributed by atoms with Crippen molar-refractivity contribution in [3.63, 3.8) is 0 Å². The van der Waals surface area contributed by atoms with E-state index in [1.165, 1.54) is 43.5 Å². The third kappa shape index (κ3) is 4.60. The first-order valence-electron chi connectivity index (χ1n) is 8.25. The number of nitrogens with zero attached hydrogens (tertiary/aromatic N) is 1. The highest BCUT2D eigenvalue weighted by Crippen LogP contribution is 2.30. The Labute approximate surface area is 124 Å². The molecule has 0 spiro atoms. The largest absolute Gasteiger partial charge is 0.309 e. The Bertz CT molecular complexity index is 398. The van der Waals surface area contributed by atoms with Gasteiger partial charge < -0.3 is 10.2 Å². The van der Waals surface area contributed by atoms with Gasteiger partial charge in [0.25, 0.3) is 0 Å². The van der Waals surface area contributed by atoms with Crippen LogP contribution in [0.25, 0.3) is 0 Å².